The van der Waals surface area contributed by atoms with Gasteiger partial charge in [0.25, 0.3) is 0 Å². The average molecular weight is 184 g/mol. The Hall–Kier alpha value is 0.566. The van der Waals surface area contributed by atoms with Gasteiger partial charge in [-0.2, -0.15) is 0 Å². The Balaban J connectivity index is -0.0000000300. The molecule has 0 atom stereocenters. The summed E-state index contributed by atoms with van der Waals surface area (Å²) in [5.74, 6) is 0. The third-order valence-electron chi connectivity index (χ3n) is 0. The first-order chi connectivity index (χ1) is 3.46. The fourth-order valence-corrected chi connectivity index (χ4v) is 0. The minimum atomic E-state index is -2.33. The maximum Gasteiger partial charge on any atom is 2.00 e. The van der Waals surface area contributed by atoms with Gasteiger partial charge in [0.1, 0.15) is 0 Å². The molecule has 0 saturated heterocycles. The zero-order valence-corrected chi connectivity index (χ0v) is 8.49. The van der Waals surface area contributed by atoms with Crippen molar-refractivity contribution in [2.45, 2.75) is 0 Å². The van der Waals surface area contributed by atoms with Crippen LogP contribution in [0, 0.1) is 0 Å². The second-order valence-electron chi connectivity index (χ2n) is 0.500. The molecule has 0 unspecified atom stereocenters. The van der Waals surface area contributed by atoms with Crippen LogP contribution in [0.1, 0.15) is 0 Å². The molecule has 10 heavy (non-hydrogen) atoms. The standard InChI is InChI=1S/2CH2O3.Ca.Mg/c2*2-1(3)4;;/h2*(H2,2,3,4);;/q;;2*+2/p-4. The summed E-state index contributed by atoms with van der Waals surface area (Å²) in [6, 6.07) is 0. The van der Waals surface area contributed by atoms with Crippen LogP contribution in [0.15, 0.2) is 0 Å². The molecule has 0 aliphatic heterocycles. The Morgan fingerprint density at radius 3 is 0.800 bits per heavy atom. The number of carbonyl (C=O) groups excluding carboxylic acids is 2. The molecule has 8 heteroatoms. The van der Waals surface area contributed by atoms with Gasteiger partial charge >= 0.3 is 60.8 Å². The minimum absolute atomic E-state index is 0. The molecule has 0 rings (SSSR count). The third kappa shape index (κ3) is 1530. The zero-order chi connectivity index (χ0) is 7.15. The van der Waals surface area contributed by atoms with Gasteiger partial charge in [-0.25, -0.2) is 0 Å². The van der Waals surface area contributed by atoms with Gasteiger partial charge in [-0.15, -0.1) is 0 Å². The van der Waals surface area contributed by atoms with Gasteiger partial charge < -0.3 is 30.0 Å². The van der Waals surface area contributed by atoms with Crippen molar-refractivity contribution >= 4 is 73.1 Å². The topological polar surface area (TPSA) is 126 Å². The van der Waals surface area contributed by atoms with Gasteiger partial charge in [0.2, 0.25) is 0 Å². The Morgan fingerprint density at radius 2 is 0.800 bits per heavy atom. The van der Waals surface area contributed by atoms with E-state index in [2.05, 4.69) is 0 Å². The summed E-state index contributed by atoms with van der Waals surface area (Å²) in [5.41, 5.74) is 0. The summed E-state index contributed by atoms with van der Waals surface area (Å²) < 4.78 is 0. The molecule has 0 aromatic heterocycles. The van der Waals surface area contributed by atoms with Crippen molar-refractivity contribution in [1.82, 2.24) is 0 Å². The van der Waals surface area contributed by atoms with Gasteiger partial charge in [0, 0.05) is 0 Å². The predicted molar refractivity (Wildman–Crippen MR) is 22.3 cm³/mol. The monoisotopic (exact) mass is 184 g/mol. The van der Waals surface area contributed by atoms with Crippen LogP contribution in [-0.4, -0.2) is 73.1 Å². The molecule has 0 aliphatic carbocycles. The molecular formula is C2CaMgO6. The Morgan fingerprint density at radius 1 is 0.800 bits per heavy atom. The summed E-state index contributed by atoms with van der Waals surface area (Å²) in [7, 11) is 0. The Labute approximate surface area is 102 Å². The molecule has 0 radical (unpaired) electrons. The van der Waals surface area contributed by atoms with E-state index in [4.69, 9.17) is 30.0 Å². The predicted octanol–water partition coefficient (Wildman–Crippen LogP) is -5.66. The van der Waals surface area contributed by atoms with E-state index in [-0.39, 0.29) is 60.8 Å². The molecular weight excluding hydrogens is 184 g/mol. The molecule has 0 amide bonds. The van der Waals surface area contributed by atoms with E-state index in [1.165, 1.54) is 0 Å². The van der Waals surface area contributed by atoms with Crippen molar-refractivity contribution in [3.8, 4) is 0 Å². The summed E-state index contributed by atoms with van der Waals surface area (Å²) in [4.78, 5) is 16.7. The van der Waals surface area contributed by atoms with E-state index in [1.54, 1.807) is 0 Å². The first-order valence-corrected chi connectivity index (χ1v) is 1.22. The van der Waals surface area contributed by atoms with Crippen molar-refractivity contribution in [3.63, 3.8) is 0 Å². The smallest absolute Gasteiger partial charge is 0.652 e. The fourth-order valence-electron chi connectivity index (χ4n) is 0. The van der Waals surface area contributed by atoms with Crippen LogP contribution in [0.5, 0.6) is 0 Å². The number of carbonyl (C=O) groups is 2. The van der Waals surface area contributed by atoms with E-state index in [0.717, 1.165) is 0 Å². The van der Waals surface area contributed by atoms with Gasteiger partial charge in [0.05, 0.1) is 0 Å². The molecule has 0 saturated carbocycles. The van der Waals surface area contributed by atoms with E-state index >= 15 is 0 Å². The first-order valence-electron chi connectivity index (χ1n) is 1.22. The molecule has 0 fully saturated rings. The maximum atomic E-state index is 8.33. The maximum absolute atomic E-state index is 8.33. The number of hydrogen-bond acceptors (Lipinski definition) is 6. The van der Waals surface area contributed by atoms with Crippen LogP contribution in [0.4, 0.5) is 9.59 Å². The number of rotatable bonds is 0. The second-order valence-corrected chi connectivity index (χ2v) is 0.500. The minimum Gasteiger partial charge on any atom is -0.652 e. The Kier molecular flexibility index (Phi) is 36.5. The summed E-state index contributed by atoms with van der Waals surface area (Å²) in [6.07, 6.45) is -4.67. The molecule has 0 spiro atoms. The van der Waals surface area contributed by atoms with Crippen LogP contribution in [-0.2, 0) is 0 Å². The largest absolute Gasteiger partial charge is 2.00 e. The van der Waals surface area contributed by atoms with Crippen LogP contribution in [0.2, 0.25) is 0 Å². The van der Waals surface area contributed by atoms with E-state index in [1.807, 2.05) is 0 Å². The SMILES string of the molecule is O=C([O-])[O-].O=C([O-])[O-].[Ca+2].[Mg+2]. The summed E-state index contributed by atoms with van der Waals surface area (Å²) in [5, 5.41) is 33.3. The van der Waals surface area contributed by atoms with E-state index in [0.29, 0.717) is 0 Å². The van der Waals surface area contributed by atoms with E-state index < -0.39 is 12.3 Å². The van der Waals surface area contributed by atoms with Gasteiger partial charge in [0.15, 0.2) is 0 Å². The molecule has 0 bridgehead atoms. The average Bonchev–Trinajstić information content (AvgIpc) is 1.25. The van der Waals surface area contributed by atoms with Crippen LogP contribution < -0.4 is 20.4 Å². The van der Waals surface area contributed by atoms with Crippen molar-refractivity contribution in [2.24, 2.45) is 0 Å². The van der Waals surface area contributed by atoms with Crippen LogP contribution in [0.3, 0.4) is 0 Å². The molecule has 0 heterocycles. The van der Waals surface area contributed by atoms with E-state index in [9.17, 15) is 0 Å². The third-order valence-corrected chi connectivity index (χ3v) is 0. The number of carboxylic acid groups (broad SMARTS) is 4. The quantitative estimate of drug-likeness (QED) is 0.345. The summed E-state index contributed by atoms with van der Waals surface area (Å²) in [6.45, 7) is 0. The first kappa shape index (κ1) is 22.4. The Bertz CT molecular complexity index is 73.7. The molecule has 0 aromatic carbocycles. The summed E-state index contributed by atoms with van der Waals surface area (Å²) >= 11 is 0. The molecule has 0 aliphatic rings. The van der Waals surface area contributed by atoms with Crippen molar-refractivity contribution in [1.29, 1.82) is 0 Å². The van der Waals surface area contributed by atoms with Gasteiger partial charge in [-0.3, -0.25) is 0 Å². The van der Waals surface area contributed by atoms with Gasteiger partial charge in [-0.05, 0) is 12.3 Å². The molecule has 0 aromatic rings. The van der Waals surface area contributed by atoms with Crippen molar-refractivity contribution < 1.29 is 30.0 Å². The van der Waals surface area contributed by atoms with Gasteiger partial charge in [-0.1, -0.05) is 0 Å². The van der Waals surface area contributed by atoms with Crippen molar-refractivity contribution in [3.05, 3.63) is 0 Å². The second kappa shape index (κ2) is 16.3. The normalized spacial score (nSPS) is 4.80. The van der Waals surface area contributed by atoms with Crippen LogP contribution >= 0.6 is 0 Å². The molecule has 6 nitrogen and oxygen atoms in total. The van der Waals surface area contributed by atoms with Crippen LogP contribution in [0.25, 0.3) is 0 Å². The zero-order valence-electron chi connectivity index (χ0n) is 4.86. The number of hydrogen-bond donors (Lipinski definition) is 0. The fraction of sp³-hybridized carbons (Fsp3) is 0. The molecule has 48 valence electrons. The van der Waals surface area contributed by atoms with Crippen molar-refractivity contribution in [2.75, 3.05) is 0 Å². The molecule has 0 N–H and O–H groups in total.